The number of carbonyl (C=O) groups excluding carboxylic acids is 2. The van der Waals surface area contributed by atoms with Crippen LogP contribution >= 0.6 is 23.2 Å². The minimum atomic E-state index is -0.537. The van der Waals surface area contributed by atoms with Crippen LogP contribution in [0.3, 0.4) is 0 Å². The van der Waals surface area contributed by atoms with Gasteiger partial charge in [-0.15, -0.1) is 0 Å². The molecule has 2 saturated heterocycles. The number of halogens is 3. The predicted molar refractivity (Wildman–Crippen MR) is 187 cm³/mol. The first kappa shape index (κ1) is 34.6. The molecular formula is C36H37Cl2FN6O4. The number of amides is 2. The van der Waals surface area contributed by atoms with Crippen molar-refractivity contribution in [3.8, 4) is 45.4 Å². The Morgan fingerprint density at radius 1 is 0.735 bits per heavy atom. The Morgan fingerprint density at radius 2 is 1.24 bits per heavy atom. The number of nitrogens with one attached hydrogen (secondary N) is 4. The average Bonchev–Trinajstić information content (AvgIpc) is 3.72. The van der Waals surface area contributed by atoms with Gasteiger partial charge in [0.25, 0.3) is 0 Å². The third kappa shape index (κ3) is 7.80. The van der Waals surface area contributed by atoms with Gasteiger partial charge in [-0.3, -0.25) is 9.59 Å². The van der Waals surface area contributed by atoms with E-state index in [1.165, 1.54) is 6.07 Å². The zero-order valence-corrected chi connectivity index (χ0v) is 28.7. The molecule has 0 unspecified atom stereocenters. The molecule has 4 heterocycles. The first-order valence-electron chi connectivity index (χ1n) is 16.1. The van der Waals surface area contributed by atoms with E-state index in [-0.39, 0.29) is 39.5 Å². The Bertz CT molecular complexity index is 1880. The van der Waals surface area contributed by atoms with Crippen LogP contribution in [-0.4, -0.2) is 61.2 Å². The van der Waals surface area contributed by atoms with Crippen molar-refractivity contribution in [2.45, 2.75) is 50.9 Å². The molecule has 0 saturated carbocycles. The SMILES string of the molecule is COc1nc(-c2cccc(-c3c(F)ccc(-c4ccc(CNC[C@@H]5CCC(=O)N5)c(OC)n4)c3Cl)c2Cl)ccc1CNC[C@@H]1CCC(=O)N1. The number of rotatable bonds is 13. The summed E-state index contributed by atoms with van der Waals surface area (Å²) in [5.41, 5.74) is 4.37. The highest BCUT2D eigenvalue weighted by Gasteiger charge is 2.23. The quantitative estimate of drug-likeness (QED) is 0.140. The maximum Gasteiger partial charge on any atom is 0.220 e. The van der Waals surface area contributed by atoms with E-state index in [1.807, 2.05) is 30.3 Å². The van der Waals surface area contributed by atoms with Gasteiger partial charge in [0.1, 0.15) is 5.82 Å². The number of pyridine rings is 2. The van der Waals surface area contributed by atoms with E-state index < -0.39 is 5.82 Å². The molecule has 4 N–H and O–H groups in total. The van der Waals surface area contributed by atoms with E-state index in [9.17, 15) is 9.59 Å². The van der Waals surface area contributed by atoms with E-state index in [0.717, 1.165) is 24.0 Å². The summed E-state index contributed by atoms with van der Waals surface area (Å²) in [5, 5.41) is 13.0. The maximum absolute atomic E-state index is 15.6. The summed E-state index contributed by atoms with van der Waals surface area (Å²) in [6.07, 6.45) is 2.70. The van der Waals surface area contributed by atoms with Crippen LogP contribution in [0, 0.1) is 5.82 Å². The Kier molecular flexibility index (Phi) is 10.9. The van der Waals surface area contributed by atoms with Crippen LogP contribution in [0.25, 0.3) is 33.6 Å². The third-order valence-electron chi connectivity index (χ3n) is 8.76. The topological polar surface area (TPSA) is 126 Å². The highest BCUT2D eigenvalue weighted by molar-refractivity contribution is 6.39. The molecule has 0 aliphatic carbocycles. The lowest BCUT2D eigenvalue weighted by molar-refractivity contribution is -0.120. The standard InChI is InChI=1S/C36H37Cl2FN6O4/c1-48-35-20(16-40-18-22-8-14-30(46)42-22)6-12-28(44-35)24-4-3-5-26(33(24)37)32-27(39)11-10-25(34(32)38)29-13-7-21(36(45-29)49-2)17-41-19-23-9-15-31(47)43-23/h3-7,10-13,22-23,40-41H,8-9,14-19H2,1-2H3,(H,42,46)(H,43,47)/t22-,23-/m0/s1. The molecule has 6 rings (SSSR count). The van der Waals surface area contributed by atoms with Crippen molar-refractivity contribution in [2.75, 3.05) is 27.3 Å². The highest BCUT2D eigenvalue weighted by Crippen LogP contribution is 2.43. The van der Waals surface area contributed by atoms with E-state index in [0.29, 0.717) is 78.9 Å². The second-order valence-electron chi connectivity index (χ2n) is 12.0. The van der Waals surface area contributed by atoms with Gasteiger partial charge in [-0.25, -0.2) is 14.4 Å². The van der Waals surface area contributed by atoms with Crippen molar-refractivity contribution in [1.29, 1.82) is 0 Å². The molecular weight excluding hydrogens is 670 g/mol. The van der Waals surface area contributed by atoms with Crippen molar-refractivity contribution in [3.63, 3.8) is 0 Å². The molecule has 2 aromatic heterocycles. The number of ether oxygens (including phenoxy) is 2. The normalized spacial score (nSPS) is 17.2. The largest absolute Gasteiger partial charge is 0.481 e. The van der Waals surface area contributed by atoms with Gasteiger partial charge < -0.3 is 30.7 Å². The number of benzene rings is 2. The first-order chi connectivity index (χ1) is 23.7. The van der Waals surface area contributed by atoms with Gasteiger partial charge in [0.2, 0.25) is 23.6 Å². The fourth-order valence-electron chi connectivity index (χ4n) is 6.20. The fraction of sp³-hybridized carbons (Fsp3) is 0.333. The predicted octanol–water partition coefficient (Wildman–Crippen LogP) is 5.68. The maximum atomic E-state index is 15.6. The smallest absolute Gasteiger partial charge is 0.220 e. The third-order valence-corrected chi connectivity index (χ3v) is 9.56. The first-order valence-corrected chi connectivity index (χ1v) is 16.9. The van der Waals surface area contributed by atoms with Crippen LogP contribution in [-0.2, 0) is 22.7 Å². The van der Waals surface area contributed by atoms with Crippen molar-refractivity contribution in [3.05, 3.63) is 81.6 Å². The second kappa shape index (κ2) is 15.5. The van der Waals surface area contributed by atoms with Crippen LogP contribution in [0.5, 0.6) is 11.8 Å². The Labute approximate surface area is 294 Å². The lowest BCUT2D eigenvalue weighted by atomic mass is 9.97. The van der Waals surface area contributed by atoms with Crippen LogP contribution in [0.1, 0.15) is 36.8 Å². The number of carbonyl (C=O) groups is 2. The van der Waals surface area contributed by atoms with Crippen molar-refractivity contribution in [1.82, 2.24) is 31.2 Å². The molecule has 0 spiro atoms. The number of hydrogen-bond acceptors (Lipinski definition) is 8. The molecule has 0 bridgehead atoms. The van der Waals surface area contributed by atoms with Gasteiger partial charge in [-0.05, 0) is 37.1 Å². The minimum absolute atomic E-state index is 0.0718. The zero-order chi connectivity index (χ0) is 34.5. The molecule has 2 fully saturated rings. The van der Waals surface area contributed by atoms with Gasteiger partial charge in [-0.2, -0.15) is 0 Å². The Morgan fingerprint density at radius 3 is 1.73 bits per heavy atom. The minimum Gasteiger partial charge on any atom is -0.481 e. The van der Waals surface area contributed by atoms with E-state index in [1.54, 1.807) is 32.4 Å². The molecule has 49 heavy (non-hydrogen) atoms. The zero-order valence-electron chi connectivity index (χ0n) is 27.2. The van der Waals surface area contributed by atoms with E-state index in [4.69, 9.17) is 42.6 Å². The molecule has 2 aliphatic rings. The summed E-state index contributed by atoms with van der Waals surface area (Å²) < 4.78 is 26.8. The molecule has 256 valence electrons. The van der Waals surface area contributed by atoms with Crippen LogP contribution in [0.4, 0.5) is 4.39 Å². The molecule has 0 radical (unpaired) electrons. The van der Waals surface area contributed by atoms with Crippen LogP contribution in [0.2, 0.25) is 10.0 Å². The molecule has 13 heteroatoms. The lowest BCUT2D eigenvalue weighted by Gasteiger charge is -2.17. The number of aromatic nitrogens is 2. The second-order valence-corrected chi connectivity index (χ2v) is 12.8. The summed E-state index contributed by atoms with van der Waals surface area (Å²) in [7, 11) is 3.09. The number of nitrogens with zero attached hydrogens (tertiary/aromatic N) is 2. The van der Waals surface area contributed by atoms with Gasteiger partial charge in [0.05, 0.1) is 35.7 Å². The molecule has 2 aliphatic heterocycles. The van der Waals surface area contributed by atoms with Crippen molar-refractivity contribution in [2.24, 2.45) is 0 Å². The van der Waals surface area contributed by atoms with Crippen molar-refractivity contribution < 1.29 is 23.5 Å². The van der Waals surface area contributed by atoms with E-state index >= 15 is 4.39 Å². The highest BCUT2D eigenvalue weighted by atomic mass is 35.5. The summed E-state index contributed by atoms with van der Waals surface area (Å²) in [6.45, 7) is 2.27. The summed E-state index contributed by atoms with van der Waals surface area (Å²) >= 11 is 13.9. The Balaban J connectivity index is 1.23. The van der Waals surface area contributed by atoms with Crippen molar-refractivity contribution >= 4 is 35.0 Å². The average molecular weight is 708 g/mol. The van der Waals surface area contributed by atoms with Gasteiger partial charge in [-0.1, -0.05) is 53.5 Å². The monoisotopic (exact) mass is 706 g/mol. The molecule has 2 atom stereocenters. The summed E-state index contributed by atoms with van der Waals surface area (Å²) in [4.78, 5) is 32.4. The number of hydrogen-bond donors (Lipinski definition) is 4. The lowest BCUT2D eigenvalue weighted by Crippen LogP contribution is -2.35. The van der Waals surface area contributed by atoms with Gasteiger partial charge in [0, 0.05) is 84.5 Å². The summed E-state index contributed by atoms with van der Waals surface area (Å²) in [5.74, 6) is 0.446. The van der Waals surface area contributed by atoms with Gasteiger partial charge in [0.15, 0.2) is 0 Å². The molecule has 10 nitrogen and oxygen atoms in total. The number of methoxy groups -OCH3 is 2. The van der Waals surface area contributed by atoms with Crippen LogP contribution < -0.4 is 30.7 Å². The summed E-state index contributed by atoms with van der Waals surface area (Å²) in [6, 6.07) is 15.9. The fourth-order valence-corrected chi connectivity index (χ4v) is 6.87. The Hall–Kier alpha value is -4.29. The molecule has 4 aromatic rings. The molecule has 2 amide bonds. The van der Waals surface area contributed by atoms with Gasteiger partial charge >= 0.3 is 0 Å². The molecule has 2 aromatic carbocycles. The van der Waals surface area contributed by atoms with Crippen LogP contribution in [0.15, 0.2) is 54.6 Å². The van der Waals surface area contributed by atoms with E-state index in [2.05, 4.69) is 21.3 Å².